The van der Waals surface area contributed by atoms with E-state index < -0.39 is 0 Å². The summed E-state index contributed by atoms with van der Waals surface area (Å²) in [6.45, 7) is 2.29. The molecule has 0 aliphatic carbocycles. The Hall–Kier alpha value is -1.71. The fourth-order valence-corrected chi connectivity index (χ4v) is 2.47. The first-order valence-electron chi connectivity index (χ1n) is 6.49. The summed E-state index contributed by atoms with van der Waals surface area (Å²) in [6, 6.07) is 10.2. The molecule has 0 saturated heterocycles. The second-order valence-corrected chi connectivity index (χ2v) is 5.61. The number of aryl methyl sites for hydroxylation is 1. The van der Waals surface area contributed by atoms with Crippen molar-refractivity contribution in [3.63, 3.8) is 0 Å². The SMILES string of the molecule is Cc1ccc(O)c(C(=O)NCCc2ccc(Cl)cc2Cl)c1. The van der Waals surface area contributed by atoms with Gasteiger partial charge in [0.2, 0.25) is 0 Å². The van der Waals surface area contributed by atoms with Crippen molar-refractivity contribution in [2.45, 2.75) is 13.3 Å². The van der Waals surface area contributed by atoms with Crippen LogP contribution in [0.3, 0.4) is 0 Å². The van der Waals surface area contributed by atoms with Gasteiger partial charge in [0.1, 0.15) is 5.75 Å². The molecule has 0 fully saturated rings. The van der Waals surface area contributed by atoms with E-state index in [1.54, 1.807) is 24.3 Å². The van der Waals surface area contributed by atoms with E-state index in [9.17, 15) is 9.90 Å². The van der Waals surface area contributed by atoms with Crippen LogP contribution in [-0.4, -0.2) is 17.6 Å². The van der Waals surface area contributed by atoms with Crippen LogP contribution in [0.15, 0.2) is 36.4 Å². The maximum absolute atomic E-state index is 12.0. The normalized spacial score (nSPS) is 10.4. The van der Waals surface area contributed by atoms with Crippen molar-refractivity contribution in [3.05, 3.63) is 63.1 Å². The Morgan fingerprint density at radius 1 is 1.19 bits per heavy atom. The third-order valence-corrected chi connectivity index (χ3v) is 3.68. The van der Waals surface area contributed by atoms with E-state index >= 15 is 0 Å². The van der Waals surface area contributed by atoms with E-state index in [2.05, 4.69) is 5.32 Å². The van der Waals surface area contributed by atoms with Gasteiger partial charge in [0.25, 0.3) is 5.91 Å². The Morgan fingerprint density at radius 2 is 1.95 bits per heavy atom. The summed E-state index contributed by atoms with van der Waals surface area (Å²) in [5.74, 6) is -0.330. The van der Waals surface area contributed by atoms with E-state index in [1.807, 2.05) is 13.0 Å². The highest BCUT2D eigenvalue weighted by molar-refractivity contribution is 6.35. The van der Waals surface area contributed by atoms with Crippen LogP contribution in [0, 0.1) is 6.92 Å². The number of phenols is 1. The number of phenolic OH excluding ortho intramolecular Hbond substituents is 1. The van der Waals surface area contributed by atoms with Gasteiger partial charge in [0, 0.05) is 16.6 Å². The van der Waals surface area contributed by atoms with E-state index in [4.69, 9.17) is 23.2 Å². The number of hydrogen-bond donors (Lipinski definition) is 2. The smallest absolute Gasteiger partial charge is 0.255 e. The Labute approximate surface area is 133 Å². The van der Waals surface area contributed by atoms with Gasteiger partial charge < -0.3 is 10.4 Å². The van der Waals surface area contributed by atoms with Crippen molar-refractivity contribution in [1.29, 1.82) is 0 Å². The Morgan fingerprint density at radius 3 is 2.67 bits per heavy atom. The molecular weight excluding hydrogens is 309 g/mol. The predicted molar refractivity (Wildman–Crippen MR) is 85.3 cm³/mol. The Balaban J connectivity index is 1.97. The Bertz CT molecular complexity index is 671. The third-order valence-electron chi connectivity index (χ3n) is 3.09. The van der Waals surface area contributed by atoms with Gasteiger partial charge >= 0.3 is 0 Å². The summed E-state index contributed by atoms with van der Waals surface area (Å²) in [6.07, 6.45) is 0.592. The zero-order valence-electron chi connectivity index (χ0n) is 11.5. The molecule has 0 heterocycles. The second kappa shape index (κ2) is 6.83. The minimum atomic E-state index is -0.304. The lowest BCUT2D eigenvalue weighted by molar-refractivity contribution is 0.0951. The summed E-state index contributed by atoms with van der Waals surface area (Å²) in [5.41, 5.74) is 2.10. The molecule has 0 aliphatic rings. The van der Waals surface area contributed by atoms with Gasteiger partial charge in [0.15, 0.2) is 0 Å². The lowest BCUT2D eigenvalue weighted by Gasteiger charge is -2.09. The molecule has 0 aliphatic heterocycles. The van der Waals surface area contributed by atoms with Gasteiger partial charge in [-0.2, -0.15) is 0 Å². The molecule has 2 aromatic carbocycles. The van der Waals surface area contributed by atoms with Crippen LogP contribution >= 0.6 is 23.2 Å². The number of nitrogens with one attached hydrogen (secondary N) is 1. The molecule has 21 heavy (non-hydrogen) atoms. The number of hydrogen-bond acceptors (Lipinski definition) is 2. The predicted octanol–water partition coefficient (Wildman–Crippen LogP) is 3.98. The Kier molecular flexibility index (Phi) is 5.10. The minimum absolute atomic E-state index is 0.0253. The van der Waals surface area contributed by atoms with Crippen LogP contribution in [0.2, 0.25) is 10.0 Å². The lowest BCUT2D eigenvalue weighted by atomic mass is 10.1. The van der Waals surface area contributed by atoms with E-state index in [1.165, 1.54) is 6.07 Å². The molecule has 2 N–H and O–H groups in total. The minimum Gasteiger partial charge on any atom is -0.507 e. The molecule has 0 radical (unpaired) electrons. The number of halogens is 2. The lowest BCUT2D eigenvalue weighted by Crippen LogP contribution is -2.25. The van der Waals surface area contributed by atoms with Gasteiger partial charge in [-0.25, -0.2) is 0 Å². The number of carbonyl (C=O) groups excluding carboxylic acids is 1. The number of benzene rings is 2. The van der Waals surface area contributed by atoms with Gasteiger partial charge in [-0.3, -0.25) is 4.79 Å². The summed E-state index contributed by atoms with van der Waals surface area (Å²) in [5, 5.41) is 13.6. The zero-order chi connectivity index (χ0) is 15.4. The van der Waals surface area contributed by atoms with Crippen LogP contribution in [0.25, 0.3) is 0 Å². The van der Waals surface area contributed by atoms with Crippen LogP contribution in [0.5, 0.6) is 5.75 Å². The van der Waals surface area contributed by atoms with Gasteiger partial charge in [-0.1, -0.05) is 40.9 Å². The first-order chi connectivity index (χ1) is 9.97. The molecule has 2 rings (SSSR count). The molecule has 0 aromatic heterocycles. The molecule has 0 spiro atoms. The monoisotopic (exact) mass is 323 g/mol. The van der Waals surface area contributed by atoms with Gasteiger partial charge in [-0.15, -0.1) is 0 Å². The number of rotatable bonds is 4. The number of carbonyl (C=O) groups is 1. The standard InChI is InChI=1S/C16H15Cl2NO2/c1-10-2-5-15(20)13(8-10)16(21)19-7-6-11-3-4-12(17)9-14(11)18/h2-5,8-9,20H,6-7H2,1H3,(H,19,21). The maximum atomic E-state index is 12.0. The average Bonchev–Trinajstić information content (AvgIpc) is 2.43. The van der Waals surface area contributed by atoms with Crippen LogP contribution in [0.4, 0.5) is 0 Å². The quantitative estimate of drug-likeness (QED) is 0.894. The fourth-order valence-electron chi connectivity index (χ4n) is 1.96. The van der Waals surface area contributed by atoms with Gasteiger partial charge in [-0.05, 0) is 43.2 Å². The molecule has 0 saturated carbocycles. The average molecular weight is 324 g/mol. The summed E-state index contributed by atoms with van der Waals surface area (Å²) in [7, 11) is 0. The van der Waals surface area contributed by atoms with E-state index in [-0.39, 0.29) is 17.2 Å². The van der Waals surface area contributed by atoms with Crippen molar-refractivity contribution in [3.8, 4) is 5.75 Å². The molecule has 2 aromatic rings. The van der Waals surface area contributed by atoms with Gasteiger partial charge in [0.05, 0.1) is 5.56 Å². The molecule has 0 bridgehead atoms. The molecule has 0 atom stereocenters. The van der Waals surface area contributed by atoms with Crippen molar-refractivity contribution in [1.82, 2.24) is 5.32 Å². The highest BCUT2D eigenvalue weighted by Gasteiger charge is 2.11. The fraction of sp³-hybridized carbons (Fsp3) is 0.188. The van der Waals surface area contributed by atoms with Crippen molar-refractivity contribution in [2.75, 3.05) is 6.54 Å². The van der Waals surface area contributed by atoms with E-state index in [0.29, 0.717) is 23.0 Å². The molecular formula is C16H15Cl2NO2. The molecule has 0 unspecified atom stereocenters. The molecule has 5 heteroatoms. The molecule has 3 nitrogen and oxygen atoms in total. The highest BCUT2D eigenvalue weighted by Crippen LogP contribution is 2.21. The second-order valence-electron chi connectivity index (χ2n) is 4.76. The summed E-state index contributed by atoms with van der Waals surface area (Å²) >= 11 is 11.9. The largest absolute Gasteiger partial charge is 0.507 e. The molecule has 110 valence electrons. The molecule has 1 amide bonds. The first-order valence-corrected chi connectivity index (χ1v) is 7.24. The maximum Gasteiger partial charge on any atom is 0.255 e. The van der Waals surface area contributed by atoms with Crippen LogP contribution < -0.4 is 5.32 Å². The van der Waals surface area contributed by atoms with Crippen LogP contribution in [-0.2, 0) is 6.42 Å². The number of amides is 1. The third kappa shape index (κ3) is 4.13. The van der Waals surface area contributed by atoms with E-state index in [0.717, 1.165) is 11.1 Å². The van der Waals surface area contributed by atoms with Crippen LogP contribution in [0.1, 0.15) is 21.5 Å². The summed E-state index contributed by atoms with van der Waals surface area (Å²) in [4.78, 5) is 12.0. The van der Waals surface area contributed by atoms with Crippen molar-refractivity contribution in [2.24, 2.45) is 0 Å². The zero-order valence-corrected chi connectivity index (χ0v) is 13.0. The topological polar surface area (TPSA) is 49.3 Å². The van der Waals surface area contributed by atoms with Crippen molar-refractivity contribution >= 4 is 29.1 Å². The number of aromatic hydroxyl groups is 1. The highest BCUT2D eigenvalue weighted by atomic mass is 35.5. The van der Waals surface area contributed by atoms with Crippen molar-refractivity contribution < 1.29 is 9.90 Å². The summed E-state index contributed by atoms with van der Waals surface area (Å²) < 4.78 is 0. The first kappa shape index (κ1) is 15.7.